The Labute approximate surface area is 79.7 Å². The number of nitrogens with one attached hydrogen (secondary N) is 1. The topological polar surface area (TPSA) is 32.3 Å². The molecule has 3 aliphatic rings. The SMILES string of the molecule is CC1CC2CC3CC(NO)CC23C1. The van der Waals surface area contributed by atoms with Crippen LogP contribution in [0.4, 0.5) is 0 Å². The van der Waals surface area contributed by atoms with E-state index in [1.54, 1.807) is 0 Å². The number of hydroxylamine groups is 1. The summed E-state index contributed by atoms with van der Waals surface area (Å²) in [6.45, 7) is 2.39. The quantitative estimate of drug-likeness (QED) is 0.608. The highest BCUT2D eigenvalue weighted by Gasteiger charge is 2.62. The van der Waals surface area contributed by atoms with Gasteiger partial charge in [0.1, 0.15) is 0 Å². The van der Waals surface area contributed by atoms with Crippen LogP contribution in [0.3, 0.4) is 0 Å². The second-order valence-corrected chi connectivity index (χ2v) is 5.67. The fourth-order valence-electron chi connectivity index (χ4n) is 4.60. The molecule has 0 aromatic carbocycles. The van der Waals surface area contributed by atoms with E-state index in [0.29, 0.717) is 11.5 Å². The third-order valence-electron chi connectivity index (χ3n) is 4.99. The fourth-order valence-corrected chi connectivity index (χ4v) is 4.60. The first-order chi connectivity index (χ1) is 6.24. The van der Waals surface area contributed by atoms with E-state index in [-0.39, 0.29) is 0 Å². The van der Waals surface area contributed by atoms with Gasteiger partial charge >= 0.3 is 0 Å². The molecule has 2 heteroatoms. The Morgan fingerprint density at radius 1 is 1.15 bits per heavy atom. The van der Waals surface area contributed by atoms with Crippen molar-refractivity contribution in [2.45, 2.75) is 45.1 Å². The van der Waals surface area contributed by atoms with Gasteiger partial charge in [0.05, 0.1) is 0 Å². The van der Waals surface area contributed by atoms with E-state index in [4.69, 9.17) is 5.21 Å². The van der Waals surface area contributed by atoms with Gasteiger partial charge in [-0.25, -0.2) is 5.48 Å². The minimum atomic E-state index is 0.403. The maximum Gasteiger partial charge on any atom is 0.0328 e. The summed E-state index contributed by atoms with van der Waals surface area (Å²) in [6.07, 6.45) is 6.79. The summed E-state index contributed by atoms with van der Waals surface area (Å²) < 4.78 is 0. The number of rotatable bonds is 1. The van der Waals surface area contributed by atoms with Crippen LogP contribution in [0.2, 0.25) is 0 Å². The zero-order chi connectivity index (χ0) is 9.05. The zero-order valence-electron chi connectivity index (χ0n) is 8.29. The highest BCUT2D eigenvalue weighted by Crippen LogP contribution is 2.69. The number of hydrogen-bond donors (Lipinski definition) is 2. The third kappa shape index (κ3) is 0.909. The smallest absolute Gasteiger partial charge is 0.0328 e. The van der Waals surface area contributed by atoms with Crippen LogP contribution in [0.1, 0.15) is 39.0 Å². The molecular formula is C11H19NO. The summed E-state index contributed by atoms with van der Waals surface area (Å²) in [5, 5.41) is 8.96. The molecule has 0 aromatic rings. The van der Waals surface area contributed by atoms with Gasteiger partial charge in [-0.3, -0.25) is 0 Å². The van der Waals surface area contributed by atoms with Crippen molar-refractivity contribution in [2.24, 2.45) is 23.2 Å². The summed E-state index contributed by atoms with van der Waals surface area (Å²) in [4.78, 5) is 0. The molecule has 2 nitrogen and oxygen atoms in total. The van der Waals surface area contributed by atoms with Crippen molar-refractivity contribution in [1.29, 1.82) is 0 Å². The lowest BCUT2D eigenvalue weighted by Gasteiger charge is -2.48. The van der Waals surface area contributed by atoms with Crippen LogP contribution in [0.25, 0.3) is 0 Å². The first-order valence-corrected chi connectivity index (χ1v) is 5.64. The predicted octanol–water partition coefficient (Wildman–Crippen LogP) is 2.18. The molecule has 1 spiro atoms. The lowest BCUT2D eigenvalue weighted by atomic mass is 9.56. The molecule has 0 amide bonds. The Bertz CT molecular complexity index is 230. The van der Waals surface area contributed by atoms with Gasteiger partial charge in [0.25, 0.3) is 0 Å². The van der Waals surface area contributed by atoms with E-state index in [9.17, 15) is 0 Å². The molecule has 0 radical (unpaired) electrons. The average molecular weight is 181 g/mol. The summed E-state index contributed by atoms with van der Waals surface area (Å²) in [5.41, 5.74) is 3.15. The van der Waals surface area contributed by atoms with Crippen molar-refractivity contribution in [2.75, 3.05) is 0 Å². The number of hydrogen-bond acceptors (Lipinski definition) is 2. The minimum absolute atomic E-state index is 0.403. The van der Waals surface area contributed by atoms with E-state index >= 15 is 0 Å². The molecule has 0 aromatic heterocycles. The van der Waals surface area contributed by atoms with Crippen LogP contribution < -0.4 is 5.48 Å². The van der Waals surface area contributed by atoms with Gasteiger partial charge in [0.2, 0.25) is 0 Å². The Kier molecular flexibility index (Phi) is 1.58. The molecule has 3 rings (SSSR count). The zero-order valence-corrected chi connectivity index (χ0v) is 8.29. The molecule has 2 N–H and O–H groups in total. The second-order valence-electron chi connectivity index (χ2n) is 5.67. The van der Waals surface area contributed by atoms with Crippen LogP contribution in [0.5, 0.6) is 0 Å². The van der Waals surface area contributed by atoms with Crippen molar-refractivity contribution < 1.29 is 5.21 Å². The molecule has 0 heterocycles. The highest BCUT2D eigenvalue weighted by molar-refractivity contribution is 5.12. The van der Waals surface area contributed by atoms with Gasteiger partial charge in [-0.15, -0.1) is 0 Å². The van der Waals surface area contributed by atoms with E-state index in [1.807, 2.05) is 0 Å². The van der Waals surface area contributed by atoms with Crippen molar-refractivity contribution >= 4 is 0 Å². The molecule has 3 saturated carbocycles. The molecule has 0 bridgehead atoms. The standard InChI is InChI=1S/C11H19NO/c1-7-2-8-3-9-4-10(12-13)6-11(8,9)5-7/h7-10,12-13H,2-6H2,1H3. The van der Waals surface area contributed by atoms with Gasteiger partial charge in [0, 0.05) is 6.04 Å². The molecule has 3 aliphatic carbocycles. The normalized spacial score (nSPS) is 58.6. The van der Waals surface area contributed by atoms with Crippen molar-refractivity contribution in [1.82, 2.24) is 5.48 Å². The average Bonchev–Trinajstić information content (AvgIpc) is 2.51. The molecule has 5 atom stereocenters. The van der Waals surface area contributed by atoms with Crippen molar-refractivity contribution in [3.8, 4) is 0 Å². The maximum atomic E-state index is 8.96. The van der Waals surface area contributed by atoms with Gasteiger partial charge < -0.3 is 5.21 Å². The Morgan fingerprint density at radius 3 is 2.62 bits per heavy atom. The molecule has 13 heavy (non-hydrogen) atoms. The van der Waals surface area contributed by atoms with Gasteiger partial charge in [-0.05, 0) is 55.3 Å². The monoisotopic (exact) mass is 181 g/mol. The maximum absolute atomic E-state index is 8.96. The lowest BCUT2D eigenvalue weighted by molar-refractivity contribution is 0.00177. The third-order valence-corrected chi connectivity index (χ3v) is 4.99. The molecule has 0 saturated heterocycles. The van der Waals surface area contributed by atoms with Gasteiger partial charge in [0.15, 0.2) is 0 Å². The first kappa shape index (κ1) is 8.25. The van der Waals surface area contributed by atoms with Crippen LogP contribution in [-0.4, -0.2) is 11.2 Å². The fraction of sp³-hybridized carbons (Fsp3) is 1.00. The lowest BCUT2D eigenvalue weighted by Crippen LogP contribution is -2.41. The van der Waals surface area contributed by atoms with E-state index in [1.165, 1.54) is 32.1 Å². The molecular weight excluding hydrogens is 162 g/mol. The summed E-state index contributed by atoms with van der Waals surface area (Å²) in [7, 11) is 0. The Hall–Kier alpha value is -0.0800. The van der Waals surface area contributed by atoms with Crippen LogP contribution in [0, 0.1) is 23.2 Å². The van der Waals surface area contributed by atoms with E-state index < -0.39 is 0 Å². The molecule has 3 fully saturated rings. The molecule has 0 aliphatic heterocycles. The molecule has 74 valence electrons. The minimum Gasteiger partial charge on any atom is -0.317 e. The van der Waals surface area contributed by atoms with Gasteiger partial charge in [-0.2, -0.15) is 0 Å². The Balaban J connectivity index is 1.81. The second kappa shape index (κ2) is 2.48. The first-order valence-electron chi connectivity index (χ1n) is 5.64. The van der Waals surface area contributed by atoms with Gasteiger partial charge in [-0.1, -0.05) is 6.92 Å². The van der Waals surface area contributed by atoms with E-state index in [0.717, 1.165) is 17.8 Å². The van der Waals surface area contributed by atoms with Crippen LogP contribution >= 0.6 is 0 Å². The summed E-state index contributed by atoms with van der Waals surface area (Å²) >= 11 is 0. The summed E-state index contributed by atoms with van der Waals surface area (Å²) in [5.74, 6) is 2.88. The Morgan fingerprint density at radius 2 is 1.92 bits per heavy atom. The largest absolute Gasteiger partial charge is 0.317 e. The van der Waals surface area contributed by atoms with Crippen molar-refractivity contribution in [3.05, 3.63) is 0 Å². The molecule has 5 unspecified atom stereocenters. The van der Waals surface area contributed by atoms with Crippen molar-refractivity contribution in [3.63, 3.8) is 0 Å². The van der Waals surface area contributed by atoms with E-state index in [2.05, 4.69) is 12.4 Å². The highest BCUT2D eigenvalue weighted by atomic mass is 16.5. The summed E-state index contributed by atoms with van der Waals surface area (Å²) in [6, 6.07) is 0.403. The van der Waals surface area contributed by atoms with Crippen LogP contribution in [-0.2, 0) is 0 Å². The van der Waals surface area contributed by atoms with Crippen LogP contribution in [0.15, 0.2) is 0 Å². The predicted molar refractivity (Wildman–Crippen MR) is 50.4 cm³/mol.